The molecule has 0 aliphatic carbocycles. The van der Waals surface area contributed by atoms with Gasteiger partial charge in [0.25, 0.3) is 0 Å². The van der Waals surface area contributed by atoms with E-state index in [4.69, 9.17) is 9.52 Å². The first kappa shape index (κ1) is 19.1. The van der Waals surface area contributed by atoms with E-state index in [1.807, 2.05) is 30.3 Å². The molecule has 4 aromatic rings. The molecule has 0 unspecified atom stereocenters. The predicted molar refractivity (Wildman–Crippen MR) is 111 cm³/mol. The zero-order chi connectivity index (χ0) is 19.9. The number of carboxylic acids is 1. The molecule has 6 heteroatoms. The van der Waals surface area contributed by atoms with Gasteiger partial charge in [0.05, 0.1) is 5.39 Å². The van der Waals surface area contributed by atoms with Crippen LogP contribution < -0.4 is 5.43 Å². The summed E-state index contributed by atoms with van der Waals surface area (Å²) in [5.74, 6) is -1.05. The first-order chi connectivity index (χ1) is 13.6. The van der Waals surface area contributed by atoms with Crippen molar-refractivity contribution in [3.63, 3.8) is 0 Å². The van der Waals surface area contributed by atoms with Crippen LogP contribution in [0.3, 0.4) is 0 Å². The summed E-state index contributed by atoms with van der Waals surface area (Å²) in [4.78, 5) is 22.5. The quantitative estimate of drug-likeness (QED) is 0.505. The smallest absolute Gasteiger partial charge is 0.345 e. The van der Waals surface area contributed by atoms with Gasteiger partial charge in [-0.1, -0.05) is 54.6 Å². The van der Waals surface area contributed by atoms with E-state index < -0.39 is 11.4 Å². The summed E-state index contributed by atoms with van der Waals surface area (Å²) in [7, 11) is 0. The largest absolute Gasteiger partial charge is 0.502 e. The van der Waals surface area contributed by atoms with Gasteiger partial charge >= 0.3 is 5.97 Å². The second-order valence-electron chi connectivity index (χ2n) is 5.67. The van der Waals surface area contributed by atoms with Crippen LogP contribution in [0.25, 0.3) is 23.1 Å². The monoisotopic (exact) mass is 392 g/mol. The standard InChI is InChI=1S/C17H12O3.C5H4O2S/c18-16-13-8-4-5-9-14(13)20-15(17(16)19)11-10-12-6-2-1-3-7-12;6-5(7)4-2-1-3-8-4/h1-11,19H;1-3H,(H,6,7). The average molecular weight is 392 g/mol. The summed E-state index contributed by atoms with van der Waals surface area (Å²) in [6, 6.07) is 19.7. The van der Waals surface area contributed by atoms with E-state index in [-0.39, 0.29) is 11.5 Å². The van der Waals surface area contributed by atoms with Gasteiger partial charge in [-0.3, -0.25) is 4.79 Å². The van der Waals surface area contributed by atoms with E-state index in [0.717, 1.165) is 5.56 Å². The number of benzene rings is 2. The van der Waals surface area contributed by atoms with Crippen LogP contribution in [0.1, 0.15) is 21.0 Å². The number of aromatic hydroxyl groups is 1. The Balaban J connectivity index is 0.000000236. The van der Waals surface area contributed by atoms with Gasteiger partial charge in [-0.15, -0.1) is 11.3 Å². The topological polar surface area (TPSA) is 87.7 Å². The molecule has 0 radical (unpaired) electrons. The second kappa shape index (κ2) is 8.83. The van der Waals surface area contributed by atoms with Crippen molar-refractivity contribution < 1.29 is 19.4 Å². The van der Waals surface area contributed by atoms with Gasteiger partial charge < -0.3 is 14.6 Å². The lowest BCUT2D eigenvalue weighted by Gasteiger charge is -2.01. The van der Waals surface area contributed by atoms with Crippen LogP contribution in [0, 0.1) is 0 Å². The van der Waals surface area contributed by atoms with E-state index >= 15 is 0 Å². The van der Waals surface area contributed by atoms with Crippen molar-refractivity contribution in [2.75, 3.05) is 0 Å². The van der Waals surface area contributed by atoms with Gasteiger partial charge in [0.1, 0.15) is 10.5 Å². The molecule has 2 heterocycles. The van der Waals surface area contributed by atoms with Crippen molar-refractivity contribution in [1.82, 2.24) is 0 Å². The molecule has 0 saturated heterocycles. The molecule has 140 valence electrons. The second-order valence-corrected chi connectivity index (χ2v) is 6.61. The lowest BCUT2D eigenvalue weighted by molar-refractivity contribution is 0.0702. The predicted octanol–water partition coefficient (Wildman–Crippen LogP) is 5.12. The minimum Gasteiger partial charge on any atom is -0.502 e. The number of carboxylic acid groups (broad SMARTS) is 1. The third-order valence-electron chi connectivity index (χ3n) is 3.76. The van der Waals surface area contributed by atoms with Gasteiger partial charge in [0.15, 0.2) is 5.76 Å². The molecule has 0 bridgehead atoms. The highest BCUT2D eigenvalue weighted by molar-refractivity contribution is 7.11. The normalized spacial score (nSPS) is 10.6. The maximum absolute atomic E-state index is 12.0. The van der Waals surface area contributed by atoms with Crippen molar-refractivity contribution in [2.45, 2.75) is 0 Å². The number of hydrogen-bond donors (Lipinski definition) is 2. The van der Waals surface area contributed by atoms with E-state index in [1.165, 1.54) is 11.3 Å². The molecule has 0 aliphatic rings. The van der Waals surface area contributed by atoms with E-state index in [2.05, 4.69) is 0 Å². The average Bonchev–Trinajstić information content (AvgIpc) is 3.26. The highest BCUT2D eigenvalue weighted by atomic mass is 32.1. The van der Waals surface area contributed by atoms with E-state index in [9.17, 15) is 14.7 Å². The van der Waals surface area contributed by atoms with E-state index in [0.29, 0.717) is 15.8 Å². The van der Waals surface area contributed by atoms with Crippen LogP contribution in [0.5, 0.6) is 5.75 Å². The Hall–Kier alpha value is -3.64. The maximum Gasteiger partial charge on any atom is 0.345 e. The van der Waals surface area contributed by atoms with Crippen molar-refractivity contribution in [3.05, 3.63) is 98.5 Å². The molecule has 0 amide bonds. The molecule has 5 nitrogen and oxygen atoms in total. The zero-order valence-electron chi connectivity index (χ0n) is 14.6. The van der Waals surface area contributed by atoms with Gasteiger partial charge in [-0.25, -0.2) is 4.79 Å². The minimum absolute atomic E-state index is 0.164. The van der Waals surface area contributed by atoms with E-state index in [1.54, 1.807) is 53.9 Å². The Morgan fingerprint density at radius 2 is 1.64 bits per heavy atom. The number of thiophene rings is 1. The van der Waals surface area contributed by atoms with Gasteiger partial charge in [0, 0.05) is 0 Å². The van der Waals surface area contributed by atoms with Gasteiger partial charge in [0.2, 0.25) is 11.2 Å². The molecule has 0 saturated carbocycles. The first-order valence-corrected chi connectivity index (χ1v) is 9.19. The summed E-state index contributed by atoms with van der Waals surface area (Å²) in [5, 5.41) is 20.3. The molecular weight excluding hydrogens is 376 g/mol. The Kier molecular flexibility index (Phi) is 6.04. The van der Waals surface area contributed by atoms with Crippen molar-refractivity contribution in [2.24, 2.45) is 0 Å². The maximum atomic E-state index is 12.0. The van der Waals surface area contributed by atoms with Crippen molar-refractivity contribution in [3.8, 4) is 5.75 Å². The number of rotatable bonds is 3. The summed E-state index contributed by atoms with van der Waals surface area (Å²) >= 11 is 1.23. The van der Waals surface area contributed by atoms with Crippen LogP contribution in [0.4, 0.5) is 0 Å². The molecule has 0 spiro atoms. The molecule has 2 aromatic heterocycles. The SMILES string of the molecule is O=C(O)c1cccs1.O=c1c(O)c(C=Cc2ccccc2)oc2ccccc12. The van der Waals surface area contributed by atoms with Gasteiger partial charge in [-0.2, -0.15) is 0 Å². The Morgan fingerprint density at radius 1 is 0.929 bits per heavy atom. The minimum atomic E-state index is -0.847. The lowest BCUT2D eigenvalue weighted by Crippen LogP contribution is -2.02. The third kappa shape index (κ3) is 4.55. The number of fused-ring (bicyclic) bond motifs is 1. The number of hydrogen-bond acceptors (Lipinski definition) is 5. The molecule has 28 heavy (non-hydrogen) atoms. The van der Waals surface area contributed by atoms with Crippen LogP contribution in [0.2, 0.25) is 0 Å². The molecule has 0 fully saturated rings. The fourth-order valence-electron chi connectivity index (χ4n) is 2.40. The van der Waals surface area contributed by atoms with Crippen LogP contribution >= 0.6 is 11.3 Å². The number of carbonyl (C=O) groups is 1. The zero-order valence-corrected chi connectivity index (χ0v) is 15.4. The highest BCUT2D eigenvalue weighted by Gasteiger charge is 2.10. The summed E-state index contributed by atoms with van der Waals surface area (Å²) in [6.07, 6.45) is 3.38. The molecule has 0 aliphatic heterocycles. The summed E-state index contributed by atoms with van der Waals surface area (Å²) in [6.45, 7) is 0. The first-order valence-electron chi connectivity index (χ1n) is 8.31. The fraction of sp³-hybridized carbons (Fsp3) is 0. The van der Waals surface area contributed by atoms with Crippen molar-refractivity contribution in [1.29, 1.82) is 0 Å². The molecule has 0 atom stereocenters. The Labute approximate surface area is 164 Å². The van der Waals surface area contributed by atoms with Crippen molar-refractivity contribution >= 4 is 40.4 Å². The molecular formula is C22H16O5S. The number of para-hydroxylation sites is 1. The van der Waals surface area contributed by atoms with Crippen LogP contribution in [0.15, 0.2) is 81.3 Å². The Bertz CT molecular complexity index is 1160. The lowest BCUT2D eigenvalue weighted by atomic mass is 10.1. The van der Waals surface area contributed by atoms with Gasteiger partial charge in [-0.05, 0) is 35.2 Å². The third-order valence-corrected chi connectivity index (χ3v) is 4.62. The molecule has 2 N–H and O–H groups in total. The molecule has 4 rings (SSSR count). The molecule has 2 aromatic carbocycles. The van der Waals surface area contributed by atoms with Crippen LogP contribution in [-0.2, 0) is 0 Å². The number of aromatic carboxylic acids is 1. The van der Waals surface area contributed by atoms with Crippen LogP contribution in [-0.4, -0.2) is 16.2 Å². The Morgan fingerprint density at radius 3 is 2.29 bits per heavy atom. The summed E-state index contributed by atoms with van der Waals surface area (Å²) < 4.78 is 5.56. The summed E-state index contributed by atoms with van der Waals surface area (Å²) in [5.41, 5.74) is 1.00. The fourth-order valence-corrected chi connectivity index (χ4v) is 2.96. The highest BCUT2D eigenvalue weighted by Crippen LogP contribution is 2.21.